The lowest BCUT2D eigenvalue weighted by atomic mass is 9.91. The standard InChI is InChI=1S/C30H38N4O5S2/c1-19-26(18-40-30-34-33-21(3)41-30)38-29(39-28(19)23-10-8-22(17-35)9-11-23)24-12-14-25(15-13-24)32-27(37)7-5-4-6-16-31-20(2)36/h8-15,19,26,28-29,35H,4-7,16-18H2,1-3H3,(H,31,36)(H,32,37). The number of thioether (sulfide) groups is 1. The van der Waals surface area contributed by atoms with Gasteiger partial charge in [0.05, 0.1) is 18.8 Å². The zero-order chi connectivity index (χ0) is 29.2. The van der Waals surface area contributed by atoms with E-state index in [1.165, 1.54) is 6.92 Å². The smallest absolute Gasteiger partial charge is 0.224 e. The molecule has 3 N–H and O–H groups in total. The highest BCUT2D eigenvalue weighted by Gasteiger charge is 2.38. The molecule has 3 aromatic rings. The lowest BCUT2D eigenvalue weighted by Crippen LogP contribution is -2.38. The highest BCUT2D eigenvalue weighted by molar-refractivity contribution is 8.01. The van der Waals surface area contributed by atoms with Crippen molar-refractivity contribution in [3.63, 3.8) is 0 Å². The first kappa shape index (κ1) is 31.1. The van der Waals surface area contributed by atoms with Gasteiger partial charge in [-0.3, -0.25) is 9.59 Å². The van der Waals surface area contributed by atoms with Gasteiger partial charge in [-0.25, -0.2) is 0 Å². The molecule has 220 valence electrons. The van der Waals surface area contributed by atoms with Crippen LogP contribution in [0.2, 0.25) is 0 Å². The van der Waals surface area contributed by atoms with Crippen LogP contribution in [-0.2, 0) is 25.7 Å². The number of rotatable bonds is 13. The van der Waals surface area contributed by atoms with E-state index < -0.39 is 6.29 Å². The number of hydrogen-bond donors (Lipinski definition) is 3. The van der Waals surface area contributed by atoms with Crippen molar-refractivity contribution in [2.24, 2.45) is 5.92 Å². The lowest BCUT2D eigenvalue weighted by molar-refractivity contribution is -0.268. The van der Waals surface area contributed by atoms with Gasteiger partial charge in [0.2, 0.25) is 11.8 Å². The molecule has 9 nitrogen and oxygen atoms in total. The number of hydrogen-bond acceptors (Lipinski definition) is 9. The Bertz CT molecular complexity index is 1270. The van der Waals surface area contributed by atoms with Gasteiger partial charge < -0.3 is 25.2 Å². The number of aliphatic hydroxyl groups excluding tert-OH is 1. The van der Waals surface area contributed by atoms with Crippen LogP contribution in [0.3, 0.4) is 0 Å². The number of ether oxygens (including phenoxy) is 2. The minimum Gasteiger partial charge on any atom is -0.392 e. The summed E-state index contributed by atoms with van der Waals surface area (Å²) in [6, 6.07) is 15.4. The fourth-order valence-electron chi connectivity index (χ4n) is 4.60. The van der Waals surface area contributed by atoms with Crippen molar-refractivity contribution in [2.45, 2.75) is 75.9 Å². The number of carbonyl (C=O) groups is 2. The zero-order valence-electron chi connectivity index (χ0n) is 23.7. The molecule has 4 rings (SSSR count). The largest absolute Gasteiger partial charge is 0.392 e. The van der Waals surface area contributed by atoms with Crippen molar-refractivity contribution >= 4 is 40.6 Å². The van der Waals surface area contributed by atoms with Crippen molar-refractivity contribution in [3.05, 3.63) is 70.2 Å². The van der Waals surface area contributed by atoms with Gasteiger partial charge in [0.1, 0.15) is 5.01 Å². The van der Waals surface area contributed by atoms with Crippen molar-refractivity contribution in [3.8, 4) is 0 Å². The van der Waals surface area contributed by atoms with Crippen molar-refractivity contribution in [1.82, 2.24) is 15.5 Å². The van der Waals surface area contributed by atoms with Gasteiger partial charge in [-0.1, -0.05) is 72.8 Å². The van der Waals surface area contributed by atoms with Gasteiger partial charge in [0, 0.05) is 42.8 Å². The third-order valence-electron chi connectivity index (χ3n) is 6.92. The number of aryl methyl sites for hydroxylation is 1. The van der Waals surface area contributed by atoms with E-state index >= 15 is 0 Å². The molecule has 1 aliphatic heterocycles. The van der Waals surface area contributed by atoms with Gasteiger partial charge in [0.25, 0.3) is 0 Å². The highest BCUT2D eigenvalue weighted by atomic mass is 32.2. The number of anilines is 1. The Labute approximate surface area is 249 Å². The molecule has 2 amide bonds. The second-order valence-electron chi connectivity index (χ2n) is 10.2. The molecule has 0 spiro atoms. The van der Waals surface area contributed by atoms with Crippen LogP contribution in [0.4, 0.5) is 5.69 Å². The van der Waals surface area contributed by atoms with Crippen LogP contribution in [-0.4, -0.2) is 45.5 Å². The predicted molar refractivity (Wildman–Crippen MR) is 161 cm³/mol. The molecule has 2 heterocycles. The number of amides is 2. The second kappa shape index (κ2) is 15.4. The summed E-state index contributed by atoms with van der Waals surface area (Å²) < 4.78 is 13.9. The van der Waals surface area contributed by atoms with Crippen LogP contribution < -0.4 is 10.6 Å². The Kier molecular flexibility index (Phi) is 11.7. The molecule has 0 bridgehead atoms. The fraction of sp³-hybridized carbons (Fsp3) is 0.467. The van der Waals surface area contributed by atoms with Crippen LogP contribution >= 0.6 is 23.1 Å². The highest BCUT2D eigenvalue weighted by Crippen LogP contribution is 2.43. The molecule has 0 saturated carbocycles. The molecule has 4 unspecified atom stereocenters. The summed E-state index contributed by atoms with van der Waals surface area (Å²) in [5, 5.41) is 24.5. The predicted octanol–water partition coefficient (Wildman–Crippen LogP) is 5.56. The molecule has 0 aliphatic carbocycles. The van der Waals surface area contributed by atoms with Crippen LogP contribution in [0.15, 0.2) is 52.9 Å². The van der Waals surface area contributed by atoms with E-state index in [4.69, 9.17) is 9.47 Å². The lowest BCUT2D eigenvalue weighted by Gasteiger charge is -2.41. The number of aromatic nitrogens is 2. The van der Waals surface area contributed by atoms with Crippen molar-refractivity contribution in [1.29, 1.82) is 0 Å². The average molecular weight is 599 g/mol. The number of aliphatic hydroxyl groups is 1. The van der Waals surface area contributed by atoms with Gasteiger partial charge in [-0.15, -0.1) is 10.2 Å². The number of nitrogens with zero attached hydrogens (tertiary/aromatic N) is 2. The van der Waals surface area contributed by atoms with Gasteiger partial charge in [0.15, 0.2) is 10.6 Å². The molecule has 1 aromatic heterocycles. The van der Waals surface area contributed by atoms with E-state index in [-0.39, 0.29) is 36.5 Å². The van der Waals surface area contributed by atoms with Gasteiger partial charge >= 0.3 is 0 Å². The fourth-order valence-corrected chi connectivity index (χ4v) is 6.60. The minimum absolute atomic E-state index is 0.00485. The Morgan fingerprint density at radius 1 is 1.00 bits per heavy atom. The summed E-state index contributed by atoms with van der Waals surface area (Å²) in [4.78, 5) is 23.3. The Hall–Kier alpha value is -2.83. The Morgan fingerprint density at radius 2 is 1.73 bits per heavy atom. The van der Waals surface area contributed by atoms with Crippen LogP contribution in [0.5, 0.6) is 0 Å². The van der Waals surface area contributed by atoms with E-state index in [1.54, 1.807) is 23.1 Å². The first-order chi connectivity index (χ1) is 19.8. The number of benzene rings is 2. The first-order valence-corrected chi connectivity index (χ1v) is 15.7. The minimum atomic E-state index is -0.580. The quantitative estimate of drug-likeness (QED) is 0.173. The topological polar surface area (TPSA) is 123 Å². The maximum absolute atomic E-state index is 12.4. The third-order valence-corrected chi connectivity index (χ3v) is 8.98. The van der Waals surface area contributed by atoms with Gasteiger partial charge in [-0.05, 0) is 43.0 Å². The van der Waals surface area contributed by atoms with Crippen molar-refractivity contribution in [2.75, 3.05) is 17.6 Å². The summed E-state index contributed by atoms with van der Waals surface area (Å²) in [5.74, 6) is 0.714. The van der Waals surface area contributed by atoms with E-state index in [9.17, 15) is 14.7 Å². The first-order valence-electron chi connectivity index (χ1n) is 13.9. The SMILES string of the molecule is CC(=O)NCCCCCC(=O)Nc1ccc(C2OC(CSc3nnc(C)s3)C(C)C(c3ccc(CO)cc3)O2)cc1. The number of carbonyl (C=O) groups excluding carboxylic acids is 2. The summed E-state index contributed by atoms with van der Waals surface area (Å²) >= 11 is 3.21. The van der Waals surface area contributed by atoms with Gasteiger partial charge in [-0.2, -0.15) is 0 Å². The molecule has 1 fully saturated rings. The summed E-state index contributed by atoms with van der Waals surface area (Å²) in [7, 11) is 0. The maximum Gasteiger partial charge on any atom is 0.224 e. The van der Waals surface area contributed by atoms with E-state index in [1.807, 2.05) is 55.5 Å². The molecule has 4 atom stereocenters. The number of nitrogens with one attached hydrogen (secondary N) is 2. The molecule has 1 saturated heterocycles. The molecule has 0 radical (unpaired) electrons. The monoisotopic (exact) mass is 598 g/mol. The van der Waals surface area contributed by atoms with Crippen LogP contribution in [0, 0.1) is 12.8 Å². The summed E-state index contributed by atoms with van der Waals surface area (Å²) in [6.45, 7) is 6.21. The summed E-state index contributed by atoms with van der Waals surface area (Å²) in [6.07, 6.45) is 2.05. The molecular formula is C30H38N4O5S2. The molecule has 41 heavy (non-hydrogen) atoms. The normalized spacial score (nSPS) is 20.5. The number of unbranched alkanes of at least 4 members (excludes halogenated alkanes) is 2. The Morgan fingerprint density at radius 3 is 2.39 bits per heavy atom. The molecule has 11 heteroatoms. The van der Waals surface area contributed by atoms with E-state index in [0.29, 0.717) is 18.7 Å². The van der Waals surface area contributed by atoms with Crippen molar-refractivity contribution < 1.29 is 24.2 Å². The van der Waals surface area contributed by atoms with E-state index in [2.05, 4.69) is 27.8 Å². The molecule has 2 aromatic carbocycles. The maximum atomic E-state index is 12.4. The Balaban J connectivity index is 1.39. The molecule has 1 aliphatic rings. The zero-order valence-corrected chi connectivity index (χ0v) is 25.3. The van der Waals surface area contributed by atoms with Crippen LogP contribution in [0.1, 0.15) is 73.6 Å². The second-order valence-corrected chi connectivity index (χ2v) is 12.6. The van der Waals surface area contributed by atoms with E-state index in [0.717, 1.165) is 51.0 Å². The average Bonchev–Trinajstić information content (AvgIpc) is 3.39. The third kappa shape index (κ3) is 9.34. The molecular weight excluding hydrogens is 560 g/mol. The summed E-state index contributed by atoms with van der Waals surface area (Å²) in [5.41, 5.74) is 3.47. The van der Waals surface area contributed by atoms with Crippen LogP contribution in [0.25, 0.3) is 0 Å².